The Balaban J connectivity index is 2.31. The van der Waals surface area contributed by atoms with Crippen LogP contribution in [0.2, 0.25) is 0 Å². The number of carbonyl (C=O) groups is 2. The fraction of sp³-hybridized carbons (Fsp3) is 0.385. The van der Waals surface area contributed by atoms with Gasteiger partial charge in [0.1, 0.15) is 5.75 Å². The van der Waals surface area contributed by atoms with E-state index >= 15 is 0 Å². The van der Waals surface area contributed by atoms with E-state index in [1.54, 1.807) is 7.05 Å². The predicted octanol–water partition coefficient (Wildman–Crippen LogP) is 2.15. The fourth-order valence-corrected chi connectivity index (χ4v) is 1.79. The lowest BCUT2D eigenvalue weighted by Crippen LogP contribution is -2.30. The van der Waals surface area contributed by atoms with Crippen molar-refractivity contribution in [1.82, 2.24) is 4.90 Å². The number of benzene rings is 1. The van der Waals surface area contributed by atoms with Crippen molar-refractivity contribution in [2.45, 2.75) is 12.8 Å². The maximum Gasteiger partial charge on any atom is 0.305 e. The molecule has 0 fully saturated rings. The number of rotatable bonds is 7. The van der Waals surface area contributed by atoms with Crippen LogP contribution in [0.4, 0.5) is 0 Å². The van der Waals surface area contributed by atoms with Crippen molar-refractivity contribution in [2.75, 3.05) is 20.2 Å². The normalized spacial score (nSPS) is 10.0. The van der Waals surface area contributed by atoms with Crippen LogP contribution in [0, 0.1) is 0 Å². The number of amides is 1. The van der Waals surface area contributed by atoms with Crippen molar-refractivity contribution in [1.29, 1.82) is 0 Å². The molecule has 104 valence electrons. The molecule has 1 rings (SSSR count). The van der Waals surface area contributed by atoms with Crippen LogP contribution in [0.5, 0.6) is 5.75 Å². The first-order chi connectivity index (χ1) is 9.00. The van der Waals surface area contributed by atoms with Gasteiger partial charge in [-0.3, -0.25) is 9.59 Å². The lowest BCUT2D eigenvalue weighted by atomic mass is 10.3. The van der Waals surface area contributed by atoms with Crippen molar-refractivity contribution in [3.05, 3.63) is 28.7 Å². The number of carboxylic acid groups (broad SMARTS) is 1. The second kappa shape index (κ2) is 7.78. The Hall–Kier alpha value is -1.56. The molecule has 0 aromatic heterocycles. The van der Waals surface area contributed by atoms with Crippen molar-refractivity contribution in [3.8, 4) is 5.75 Å². The van der Waals surface area contributed by atoms with E-state index in [2.05, 4.69) is 15.9 Å². The number of halogens is 1. The van der Waals surface area contributed by atoms with E-state index in [0.717, 1.165) is 4.47 Å². The third-order valence-corrected chi connectivity index (χ3v) is 3.15. The summed E-state index contributed by atoms with van der Waals surface area (Å²) in [5.41, 5.74) is 0. The molecule has 1 aromatic carbocycles. The molecule has 1 amide bonds. The molecule has 5 nitrogen and oxygen atoms in total. The molecule has 0 bridgehead atoms. The minimum absolute atomic E-state index is 0.0483. The molecule has 0 heterocycles. The number of hydrogen-bond donors (Lipinski definition) is 1. The van der Waals surface area contributed by atoms with Gasteiger partial charge >= 0.3 is 5.97 Å². The van der Waals surface area contributed by atoms with Gasteiger partial charge in [-0.1, -0.05) is 12.1 Å². The van der Waals surface area contributed by atoms with Gasteiger partial charge < -0.3 is 14.7 Å². The Morgan fingerprint density at radius 3 is 2.63 bits per heavy atom. The number of nitrogens with zero attached hydrogens (tertiary/aromatic N) is 1. The van der Waals surface area contributed by atoms with Crippen LogP contribution in [0.1, 0.15) is 12.8 Å². The van der Waals surface area contributed by atoms with E-state index in [1.807, 2.05) is 24.3 Å². The summed E-state index contributed by atoms with van der Waals surface area (Å²) in [5, 5.41) is 8.53. The summed E-state index contributed by atoms with van der Waals surface area (Å²) in [4.78, 5) is 23.5. The number of para-hydroxylation sites is 1. The first-order valence-corrected chi connectivity index (χ1v) is 6.63. The minimum atomic E-state index is -0.913. The summed E-state index contributed by atoms with van der Waals surface area (Å²) >= 11 is 3.35. The molecule has 1 N–H and O–H groups in total. The first kappa shape index (κ1) is 15.5. The van der Waals surface area contributed by atoms with Crippen LogP contribution in [-0.2, 0) is 9.59 Å². The summed E-state index contributed by atoms with van der Waals surface area (Å²) in [5.74, 6) is -0.360. The molecule has 0 atom stereocenters. The molecule has 0 saturated carbocycles. The Morgan fingerprint density at radius 2 is 2.00 bits per heavy atom. The molecule has 0 unspecified atom stereocenters. The van der Waals surface area contributed by atoms with Gasteiger partial charge in [0, 0.05) is 13.6 Å². The number of ether oxygens (including phenoxy) is 1. The van der Waals surface area contributed by atoms with Gasteiger partial charge in [-0.15, -0.1) is 0 Å². The summed E-state index contributed by atoms with van der Waals surface area (Å²) < 4.78 is 6.31. The quantitative estimate of drug-likeness (QED) is 0.832. The fourth-order valence-electron chi connectivity index (χ4n) is 1.39. The van der Waals surface area contributed by atoms with E-state index in [1.165, 1.54) is 4.90 Å². The first-order valence-electron chi connectivity index (χ1n) is 5.84. The van der Waals surface area contributed by atoms with Gasteiger partial charge in [-0.2, -0.15) is 0 Å². The maximum absolute atomic E-state index is 11.7. The Labute approximate surface area is 120 Å². The Morgan fingerprint density at radius 1 is 1.32 bits per heavy atom. The van der Waals surface area contributed by atoms with Crippen LogP contribution >= 0.6 is 15.9 Å². The highest BCUT2D eigenvalue weighted by Gasteiger charge is 2.10. The van der Waals surface area contributed by atoms with E-state index in [9.17, 15) is 9.59 Å². The summed E-state index contributed by atoms with van der Waals surface area (Å²) in [7, 11) is 1.59. The molecule has 0 radical (unpaired) electrons. The molecule has 0 aliphatic carbocycles. The van der Waals surface area contributed by atoms with Crippen LogP contribution in [-0.4, -0.2) is 42.1 Å². The lowest BCUT2D eigenvalue weighted by molar-refractivity contribution is -0.138. The van der Waals surface area contributed by atoms with Crippen molar-refractivity contribution < 1.29 is 19.4 Å². The Bertz CT molecular complexity index is 450. The molecule has 0 aliphatic rings. The van der Waals surface area contributed by atoms with Gasteiger partial charge in [-0.05, 0) is 28.1 Å². The molecular weight excluding hydrogens is 314 g/mol. The average Bonchev–Trinajstić information content (AvgIpc) is 2.38. The van der Waals surface area contributed by atoms with Gasteiger partial charge in [0.05, 0.1) is 23.9 Å². The van der Waals surface area contributed by atoms with E-state index in [4.69, 9.17) is 9.84 Å². The minimum Gasteiger partial charge on any atom is -0.492 e. The standard InChI is InChI=1S/C13H16BrNO4/c1-15(8-6-13(17)18)12(16)7-9-19-11-5-3-2-4-10(11)14/h2-5H,6-9H2,1H3,(H,17,18). The highest BCUT2D eigenvalue weighted by molar-refractivity contribution is 9.10. The van der Waals surface area contributed by atoms with Gasteiger partial charge in [0.2, 0.25) is 5.91 Å². The van der Waals surface area contributed by atoms with Gasteiger partial charge in [0.15, 0.2) is 0 Å². The van der Waals surface area contributed by atoms with Crippen LogP contribution in [0.3, 0.4) is 0 Å². The van der Waals surface area contributed by atoms with Gasteiger partial charge in [0.25, 0.3) is 0 Å². The smallest absolute Gasteiger partial charge is 0.305 e. The average molecular weight is 330 g/mol. The van der Waals surface area contributed by atoms with Gasteiger partial charge in [-0.25, -0.2) is 0 Å². The number of carboxylic acids is 1. The maximum atomic E-state index is 11.7. The van der Waals surface area contributed by atoms with Crippen LogP contribution in [0.15, 0.2) is 28.7 Å². The van der Waals surface area contributed by atoms with E-state index < -0.39 is 5.97 Å². The molecular formula is C13H16BrNO4. The zero-order chi connectivity index (χ0) is 14.3. The third kappa shape index (κ3) is 5.74. The molecule has 0 spiro atoms. The largest absolute Gasteiger partial charge is 0.492 e. The van der Waals surface area contributed by atoms with Crippen molar-refractivity contribution in [3.63, 3.8) is 0 Å². The number of hydrogen-bond acceptors (Lipinski definition) is 3. The zero-order valence-corrected chi connectivity index (χ0v) is 12.2. The van der Waals surface area contributed by atoms with Crippen LogP contribution < -0.4 is 4.74 Å². The summed E-state index contributed by atoms with van der Waals surface area (Å²) in [6.45, 7) is 0.474. The summed E-state index contributed by atoms with van der Waals surface area (Å²) in [6, 6.07) is 7.39. The SMILES string of the molecule is CN(CCC(=O)O)C(=O)CCOc1ccccc1Br. The second-order valence-electron chi connectivity index (χ2n) is 3.99. The topological polar surface area (TPSA) is 66.8 Å². The number of aliphatic carboxylic acids is 1. The highest BCUT2D eigenvalue weighted by Crippen LogP contribution is 2.23. The highest BCUT2D eigenvalue weighted by atomic mass is 79.9. The van der Waals surface area contributed by atoms with Crippen molar-refractivity contribution in [2.24, 2.45) is 0 Å². The van der Waals surface area contributed by atoms with Crippen LogP contribution in [0.25, 0.3) is 0 Å². The lowest BCUT2D eigenvalue weighted by Gasteiger charge is -2.16. The Kier molecular flexibility index (Phi) is 6.35. The van der Waals surface area contributed by atoms with Crippen molar-refractivity contribution >= 4 is 27.8 Å². The molecule has 1 aromatic rings. The molecule has 19 heavy (non-hydrogen) atoms. The third-order valence-electron chi connectivity index (χ3n) is 2.50. The zero-order valence-electron chi connectivity index (χ0n) is 10.6. The summed E-state index contributed by atoms with van der Waals surface area (Å²) in [6.07, 6.45) is 0.171. The molecule has 6 heteroatoms. The monoisotopic (exact) mass is 329 g/mol. The van der Waals surface area contributed by atoms with E-state index in [-0.39, 0.29) is 31.9 Å². The number of carbonyl (C=O) groups excluding carboxylic acids is 1. The molecule has 0 saturated heterocycles. The second-order valence-corrected chi connectivity index (χ2v) is 4.84. The van der Waals surface area contributed by atoms with E-state index in [0.29, 0.717) is 5.75 Å². The predicted molar refractivity (Wildman–Crippen MR) is 74.1 cm³/mol. The molecule has 0 aliphatic heterocycles.